The van der Waals surface area contributed by atoms with Crippen LogP contribution in [0.4, 0.5) is 8.78 Å². The van der Waals surface area contributed by atoms with Crippen molar-refractivity contribution in [2.45, 2.75) is 0 Å². The Balaban J connectivity index is 3.46. The fourth-order valence-electron chi connectivity index (χ4n) is 0.462. The van der Waals surface area contributed by atoms with Crippen molar-refractivity contribution in [2.24, 2.45) is 0 Å². The Hall–Kier alpha value is 0.0700. The predicted octanol–water partition coefficient (Wildman–Crippen LogP) is 3.43. The van der Waals surface area contributed by atoms with E-state index in [9.17, 15) is 8.78 Å². The third-order valence-corrected chi connectivity index (χ3v) is 2.88. The topological polar surface area (TPSA) is 12.9 Å². The lowest BCUT2D eigenvalue weighted by molar-refractivity contribution is 0.512. The maximum absolute atomic E-state index is 12.4. The molecule has 0 spiro atoms. The van der Waals surface area contributed by atoms with Crippen LogP contribution in [-0.4, -0.2) is 4.98 Å². The lowest BCUT2D eigenvalue weighted by Gasteiger charge is -1.99. The summed E-state index contributed by atoms with van der Waals surface area (Å²) in [6.07, 6.45) is 0. The molecule has 0 saturated heterocycles. The van der Waals surface area contributed by atoms with Crippen LogP contribution in [0.25, 0.3) is 0 Å². The summed E-state index contributed by atoms with van der Waals surface area (Å²) in [5.41, 5.74) is 0. The van der Waals surface area contributed by atoms with Gasteiger partial charge < -0.3 is 0 Å². The highest BCUT2D eigenvalue weighted by atomic mass is 79.9. The van der Waals surface area contributed by atoms with Crippen LogP contribution >= 0.6 is 39.1 Å². The first-order chi connectivity index (χ1) is 5.04. The summed E-state index contributed by atoms with van der Waals surface area (Å²) in [7, 11) is 0. The molecule has 0 aromatic carbocycles. The van der Waals surface area contributed by atoms with Gasteiger partial charge >= 0.3 is 0 Å². The smallest absolute Gasteiger partial charge is 0.188 e. The minimum Gasteiger partial charge on any atom is -0.188 e. The molecule has 0 amide bonds. The van der Waals surface area contributed by atoms with Gasteiger partial charge in [0.25, 0.3) is 0 Å². The largest absolute Gasteiger partial charge is 0.235 e. The van der Waals surface area contributed by atoms with Gasteiger partial charge in [0, 0.05) is 0 Å². The van der Waals surface area contributed by atoms with Crippen LogP contribution in [-0.2, 0) is 0 Å². The number of nitrogens with zero attached hydrogens (tertiary/aromatic N) is 1. The van der Waals surface area contributed by atoms with Crippen molar-refractivity contribution in [2.75, 3.05) is 0 Å². The Morgan fingerprint density at radius 2 is 1.45 bits per heavy atom. The second kappa shape index (κ2) is 3.21. The summed E-state index contributed by atoms with van der Waals surface area (Å²) in [4.78, 5) is 2.81. The minimum atomic E-state index is -1.08. The number of pyridine rings is 1. The molecule has 6 heteroatoms. The minimum absolute atomic E-state index is 0.0224. The molecule has 0 fully saturated rings. The third-order valence-electron chi connectivity index (χ3n) is 0.944. The molecule has 0 bridgehead atoms. The summed E-state index contributed by atoms with van der Waals surface area (Å²) in [5, 5.41) is -0.646. The SMILES string of the molecule is Fc1nc(F)c(Cl)c(Br)c1Cl. The number of halogens is 5. The molecule has 1 heterocycles. The van der Waals surface area contributed by atoms with Gasteiger partial charge in [-0.05, 0) is 15.9 Å². The fourth-order valence-corrected chi connectivity index (χ4v) is 1.11. The van der Waals surface area contributed by atoms with Crippen molar-refractivity contribution in [3.63, 3.8) is 0 Å². The first kappa shape index (κ1) is 9.16. The Morgan fingerprint density at radius 1 is 1.09 bits per heavy atom. The summed E-state index contributed by atoms with van der Waals surface area (Å²) in [6, 6.07) is 0. The van der Waals surface area contributed by atoms with Gasteiger partial charge in [0.1, 0.15) is 10.0 Å². The van der Waals surface area contributed by atoms with E-state index < -0.39 is 11.9 Å². The summed E-state index contributed by atoms with van der Waals surface area (Å²) < 4.78 is 24.9. The van der Waals surface area contributed by atoms with E-state index in [2.05, 4.69) is 20.9 Å². The van der Waals surface area contributed by atoms with Gasteiger partial charge in [0.15, 0.2) is 0 Å². The van der Waals surface area contributed by atoms with Crippen LogP contribution < -0.4 is 0 Å². The van der Waals surface area contributed by atoms with Crippen molar-refractivity contribution in [3.8, 4) is 0 Å². The standard InChI is InChI=1S/C5BrCl2F2N/c6-1-2(7)4(9)11-5(10)3(1)8. The third kappa shape index (κ3) is 1.63. The molecule has 0 radical (unpaired) electrons. The molecule has 0 saturated carbocycles. The first-order valence-electron chi connectivity index (χ1n) is 2.39. The van der Waals surface area contributed by atoms with Crippen molar-refractivity contribution in [1.82, 2.24) is 4.98 Å². The molecule has 0 N–H and O–H groups in total. The van der Waals surface area contributed by atoms with Crippen LogP contribution in [0, 0.1) is 11.9 Å². The van der Waals surface area contributed by atoms with Crippen LogP contribution in [0.15, 0.2) is 4.47 Å². The van der Waals surface area contributed by atoms with Crippen molar-refractivity contribution in [1.29, 1.82) is 0 Å². The Kier molecular flexibility index (Phi) is 2.67. The zero-order valence-corrected chi connectivity index (χ0v) is 7.93. The van der Waals surface area contributed by atoms with E-state index in [-0.39, 0.29) is 14.5 Å². The molecule has 0 atom stereocenters. The van der Waals surface area contributed by atoms with Gasteiger partial charge in [-0.2, -0.15) is 13.8 Å². The average Bonchev–Trinajstić information content (AvgIpc) is 1.97. The Bertz CT molecular complexity index is 279. The van der Waals surface area contributed by atoms with E-state index >= 15 is 0 Å². The maximum Gasteiger partial charge on any atom is 0.235 e. The summed E-state index contributed by atoms with van der Waals surface area (Å²) in [6.45, 7) is 0. The molecule has 1 nitrogen and oxygen atoms in total. The molecule has 1 rings (SSSR count). The predicted molar refractivity (Wildman–Crippen MR) is 41.9 cm³/mol. The van der Waals surface area contributed by atoms with Gasteiger partial charge in [-0.15, -0.1) is 0 Å². The van der Waals surface area contributed by atoms with Crippen LogP contribution in [0.1, 0.15) is 0 Å². The lowest BCUT2D eigenvalue weighted by atomic mass is 10.5. The second-order valence-corrected chi connectivity index (χ2v) is 3.18. The maximum atomic E-state index is 12.4. The van der Waals surface area contributed by atoms with Crippen molar-refractivity contribution < 1.29 is 8.78 Å². The van der Waals surface area contributed by atoms with E-state index in [0.717, 1.165) is 0 Å². The second-order valence-electron chi connectivity index (χ2n) is 1.64. The normalized spacial score (nSPS) is 10.3. The van der Waals surface area contributed by atoms with Crippen molar-refractivity contribution in [3.05, 3.63) is 26.4 Å². The quantitative estimate of drug-likeness (QED) is 0.653. The van der Waals surface area contributed by atoms with E-state index in [1.54, 1.807) is 0 Å². The van der Waals surface area contributed by atoms with Gasteiger partial charge in [0.05, 0.1) is 4.47 Å². The van der Waals surface area contributed by atoms with Crippen LogP contribution in [0.5, 0.6) is 0 Å². The Morgan fingerprint density at radius 3 is 1.82 bits per heavy atom. The molecular weight excluding hydrogens is 263 g/mol. The highest BCUT2D eigenvalue weighted by Crippen LogP contribution is 2.32. The molecule has 0 aliphatic heterocycles. The monoisotopic (exact) mass is 261 g/mol. The van der Waals surface area contributed by atoms with E-state index in [4.69, 9.17) is 23.2 Å². The van der Waals surface area contributed by atoms with Crippen LogP contribution in [0.2, 0.25) is 10.0 Å². The summed E-state index contributed by atoms with van der Waals surface area (Å²) >= 11 is 13.4. The molecule has 1 aromatic heterocycles. The fraction of sp³-hybridized carbons (Fsp3) is 0. The molecular formula is C5BrCl2F2N. The zero-order chi connectivity index (χ0) is 8.59. The number of rotatable bonds is 0. The average molecular weight is 263 g/mol. The Labute approximate surface area is 79.5 Å². The molecule has 0 unspecified atom stereocenters. The lowest BCUT2D eigenvalue weighted by Crippen LogP contribution is -1.92. The first-order valence-corrected chi connectivity index (χ1v) is 3.94. The van der Waals surface area contributed by atoms with Crippen LogP contribution in [0.3, 0.4) is 0 Å². The number of hydrogen-bond donors (Lipinski definition) is 0. The molecule has 60 valence electrons. The van der Waals surface area contributed by atoms with Gasteiger partial charge in [-0.1, -0.05) is 23.2 Å². The van der Waals surface area contributed by atoms with E-state index in [1.165, 1.54) is 0 Å². The van der Waals surface area contributed by atoms with Gasteiger partial charge in [-0.25, -0.2) is 0 Å². The van der Waals surface area contributed by atoms with Crippen molar-refractivity contribution >= 4 is 39.1 Å². The molecule has 0 aliphatic rings. The highest BCUT2D eigenvalue weighted by Gasteiger charge is 2.14. The number of aromatic nitrogens is 1. The van der Waals surface area contributed by atoms with Gasteiger partial charge in [-0.3, -0.25) is 0 Å². The molecule has 0 aliphatic carbocycles. The zero-order valence-electron chi connectivity index (χ0n) is 4.84. The van der Waals surface area contributed by atoms with E-state index in [0.29, 0.717) is 0 Å². The number of hydrogen-bond acceptors (Lipinski definition) is 1. The van der Waals surface area contributed by atoms with Gasteiger partial charge in [0.2, 0.25) is 11.9 Å². The summed E-state index contributed by atoms with van der Waals surface area (Å²) in [5.74, 6) is -2.17. The highest BCUT2D eigenvalue weighted by molar-refractivity contribution is 9.10. The van der Waals surface area contributed by atoms with E-state index in [1.807, 2.05) is 0 Å². The molecule has 1 aromatic rings. The molecule has 11 heavy (non-hydrogen) atoms.